The van der Waals surface area contributed by atoms with E-state index in [1.807, 2.05) is 12.1 Å². The summed E-state index contributed by atoms with van der Waals surface area (Å²) in [7, 11) is 1.71. The maximum Gasteiger partial charge on any atom is 0.118 e. The van der Waals surface area contributed by atoms with E-state index in [2.05, 4.69) is 30.9 Å². The van der Waals surface area contributed by atoms with Crippen molar-refractivity contribution in [2.45, 2.75) is 57.7 Å². The zero-order chi connectivity index (χ0) is 14.5. The Labute approximate surface area is 123 Å². The molecule has 0 aliphatic carbocycles. The highest BCUT2D eigenvalue weighted by Crippen LogP contribution is 2.21. The third-order valence-corrected chi connectivity index (χ3v) is 4.54. The molecule has 0 aromatic heterocycles. The molecule has 1 fully saturated rings. The average molecular weight is 276 g/mol. The van der Waals surface area contributed by atoms with E-state index in [9.17, 15) is 0 Å². The highest BCUT2D eigenvalue weighted by Gasteiger charge is 2.26. The molecular weight excluding hydrogens is 248 g/mol. The molecule has 1 aromatic rings. The summed E-state index contributed by atoms with van der Waals surface area (Å²) in [5.41, 5.74) is 7.43. The fourth-order valence-corrected chi connectivity index (χ4v) is 3.22. The van der Waals surface area contributed by atoms with Crippen LogP contribution in [0, 0.1) is 0 Å². The van der Waals surface area contributed by atoms with Gasteiger partial charge in [-0.2, -0.15) is 0 Å². The van der Waals surface area contributed by atoms with E-state index in [1.165, 1.54) is 12.0 Å². The van der Waals surface area contributed by atoms with Crippen LogP contribution in [0.15, 0.2) is 24.3 Å². The maximum atomic E-state index is 6.04. The van der Waals surface area contributed by atoms with Crippen LogP contribution in [0.1, 0.15) is 38.7 Å². The quantitative estimate of drug-likeness (QED) is 0.898. The minimum atomic E-state index is 0.398. The fourth-order valence-electron chi connectivity index (χ4n) is 3.22. The lowest BCUT2D eigenvalue weighted by molar-refractivity contribution is 0.0997. The molecule has 112 valence electrons. The van der Waals surface area contributed by atoms with Gasteiger partial charge < -0.3 is 10.5 Å². The molecule has 1 aliphatic rings. The van der Waals surface area contributed by atoms with Gasteiger partial charge in [-0.25, -0.2) is 0 Å². The first-order chi connectivity index (χ1) is 9.60. The molecule has 3 nitrogen and oxygen atoms in total. The number of hydrogen-bond donors (Lipinski definition) is 1. The molecule has 3 unspecified atom stereocenters. The summed E-state index contributed by atoms with van der Waals surface area (Å²) in [6.45, 7) is 5.80. The van der Waals surface area contributed by atoms with E-state index >= 15 is 0 Å². The van der Waals surface area contributed by atoms with Crippen LogP contribution in [-0.4, -0.2) is 36.7 Å². The number of aryl methyl sites for hydroxylation is 1. The van der Waals surface area contributed by atoms with Gasteiger partial charge in [-0.05, 0) is 57.2 Å². The van der Waals surface area contributed by atoms with Gasteiger partial charge in [-0.3, -0.25) is 4.90 Å². The van der Waals surface area contributed by atoms with Gasteiger partial charge in [0.05, 0.1) is 7.11 Å². The lowest BCUT2D eigenvalue weighted by Gasteiger charge is -2.40. The standard InChI is InChI=1S/C17H28N2O/c1-13(19-11-10-16(18)12-14(19)2)4-5-15-6-8-17(20-3)9-7-15/h6-9,13-14,16H,4-5,10-12,18H2,1-3H3. The average Bonchev–Trinajstić information content (AvgIpc) is 2.45. The normalized spacial score (nSPS) is 25.4. The van der Waals surface area contributed by atoms with Crippen LogP contribution in [-0.2, 0) is 6.42 Å². The molecule has 1 aromatic carbocycles. The zero-order valence-corrected chi connectivity index (χ0v) is 13.0. The van der Waals surface area contributed by atoms with Crippen molar-refractivity contribution >= 4 is 0 Å². The SMILES string of the molecule is COc1ccc(CCC(C)N2CCC(N)CC2C)cc1. The summed E-state index contributed by atoms with van der Waals surface area (Å²) < 4.78 is 5.19. The van der Waals surface area contributed by atoms with Crippen molar-refractivity contribution < 1.29 is 4.74 Å². The number of piperidine rings is 1. The van der Waals surface area contributed by atoms with Gasteiger partial charge >= 0.3 is 0 Å². The number of benzene rings is 1. The van der Waals surface area contributed by atoms with Gasteiger partial charge in [0.15, 0.2) is 0 Å². The van der Waals surface area contributed by atoms with Crippen LogP contribution in [0.5, 0.6) is 5.75 Å². The van der Waals surface area contributed by atoms with Crippen LogP contribution in [0.4, 0.5) is 0 Å². The fraction of sp³-hybridized carbons (Fsp3) is 0.647. The lowest BCUT2D eigenvalue weighted by atomic mass is 9.95. The van der Waals surface area contributed by atoms with E-state index in [0.717, 1.165) is 31.6 Å². The summed E-state index contributed by atoms with van der Waals surface area (Å²) >= 11 is 0. The smallest absolute Gasteiger partial charge is 0.118 e. The number of methoxy groups -OCH3 is 1. The van der Waals surface area contributed by atoms with E-state index in [4.69, 9.17) is 10.5 Å². The van der Waals surface area contributed by atoms with Gasteiger partial charge in [0.1, 0.15) is 5.75 Å². The highest BCUT2D eigenvalue weighted by atomic mass is 16.5. The van der Waals surface area contributed by atoms with Gasteiger partial charge in [0.2, 0.25) is 0 Å². The van der Waals surface area contributed by atoms with E-state index < -0.39 is 0 Å². The van der Waals surface area contributed by atoms with Crippen molar-refractivity contribution in [2.24, 2.45) is 5.73 Å². The summed E-state index contributed by atoms with van der Waals surface area (Å²) in [5.74, 6) is 0.931. The molecule has 1 aliphatic heterocycles. The minimum absolute atomic E-state index is 0.398. The predicted molar refractivity (Wildman–Crippen MR) is 84.2 cm³/mol. The summed E-state index contributed by atoms with van der Waals surface area (Å²) in [6.07, 6.45) is 4.59. The number of likely N-dealkylation sites (tertiary alicyclic amines) is 1. The van der Waals surface area contributed by atoms with Crippen molar-refractivity contribution in [1.29, 1.82) is 0 Å². The molecule has 0 saturated carbocycles. The molecule has 0 amide bonds. The molecule has 20 heavy (non-hydrogen) atoms. The first kappa shape index (κ1) is 15.3. The topological polar surface area (TPSA) is 38.5 Å². The van der Waals surface area contributed by atoms with Crippen molar-refractivity contribution in [2.75, 3.05) is 13.7 Å². The van der Waals surface area contributed by atoms with Crippen LogP contribution in [0.3, 0.4) is 0 Å². The maximum absolute atomic E-state index is 6.04. The molecule has 0 spiro atoms. The highest BCUT2D eigenvalue weighted by molar-refractivity contribution is 5.27. The first-order valence-electron chi connectivity index (χ1n) is 7.74. The van der Waals surface area contributed by atoms with E-state index in [0.29, 0.717) is 18.1 Å². The molecule has 1 heterocycles. The number of nitrogens with zero attached hydrogens (tertiary/aromatic N) is 1. The second-order valence-corrected chi connectivity index (χ2v) is 6.11. The summed E-state index contributed by atoms with van der Waals surface area (Å²) in [4.78, 5) is 2.62. The Morgan fingerprint density at radius 2 is 2.05 bits per heavy atom. The van der Waals surface area contributed by atoms with Gasteiger partial charge in [-0.15, -0.1) is 0 Å². The second kappa shape index (κ2) is 7.09. The molecule has 3 heteroatoms. The molecule has 1 saturated heterocycles. The molecule has 3 atom stereocenters. The van der Waals surface area contributed by atoms with Crippen molar-refractivity contribution in [1.82, 2.24) is 4.90 Å². The Morgan fingerprint density at radius 3 is 2.65 bits per heavy atom. The van der Waals surface area contributed by atoms with Crippen LogP contribution >= 0.6 is 0 Å². The third-order valence-electron chi connectivity index (χ3n) is 4.54. The van der Waals surface area contributed by atoms with E-state index in [1.54, 1.807) is 7.11 Å². The molecule has 2 rings (SSSR count). The Balaban J connectivity index is 1.83. The molecule has 0 radical (unpaired) electrons. The van der Waals surface area contributed by atoms with Crippen LogP contribution in [0.2, 0.25) is 0 Å². The Morgan fingerprint density at radius 1 is 1.35 bits per heavy atom. The molecule has 0 bridgehead atoms. The summed E-state index contributed by atoms with van der Waals surface area (Å²) in [5, 5.41) is 0. The Bertz CT molecular complexity index is 404. The first-order valence-corrected chi connectivity index (χ1v) is 7.74. The monoisotopic (exact) mass is 276 g/mol. The number of hydrogen-bond acceptors (Lipinski definition) is 3. The van der Waals surface area contributed by atoms with Crippen molar-refractivity contribution in [3.05, 3.63) is 29.8 Å². The van der Waals surface area contributed by atoms with Gasteiger partial charge in [0.25, 0.3) is 0 Å². The second-order valence-electron chi connectivity index (χ2n) is 6.11. The van der Waals surface area contributed by atoms with Crippen LogP contribution in [0.25, 0.3) is 0 Å². The lowest BCUT2D eigenvalue weighted by Crippen LogP contribution is -2.49. The van der Waals surface area contributed by atoms with Crippen LogP contribution < -0.4 is 10.5 Å². The zero-order valence-electron chi connectivity index (χ0n) is 13.0. The largest absolute Gasteiger partial charge is 0.497 e. The minimum Gasteiger partial charge on any atom is -0.497 e. The Kier molecular flexibility index (Phi) is 5.44. The van der Waals surface area contributed by atoms with Gasteiger partial charge in [-0.1, -0.05) is 12.1 Å². The molecular formula is C17H28N2O. The number of rotatable bonds is 5. The predicted octanol–water partition coefficient (Wildman–Crippen LogP) is 2.83. The van der Waals surface area contributed by atoms with Crippen molar-refractivity contribution in [3.63, 3.8) is 0 Å². The number of nitrogens with two attached hydrogens (primary N) is 1. The number of ether oxygens (including phenoxy) is 1. The molecule has 2 N–H and O–H groups in total. The Hall–Kier alpha value is -1.06. The van der Waals surface area contributed by atoms with E-state index in [-0.39, 0.29) is 0 Å². The summed E-state index contributed by atoms with van der Waals surface area (Å²) in [6, 6.07) is 10.1. The van der Waals surface area contributed by atoms with Gasteiger partial charge in [0, 0.05) is 24.7 Å². The third kappa shape index (κ3) is 3.97. The van der Waals surface area contributed by atoms with Crippen molar-refractivity contribution in [3.8, 4) is 5.75 Å².